The third-order valence-corrected chi connectivity index (χ3v) is 5.12. The molecule has 3 rings (SSSR count). The minimum Gasteiger partial charge on any atom is -0.308 e. The molecule has 2 aromatic carbocycles. The maximum atomic E-state index is 14.0. The van der Waals surface area contributed by atoms with Crippen molar-refractivity contribution in [3.8, 4) is 0 Å². The second-order valence-electron chi connectivity index (χ2n) is 6.72. The predicted molar refractivity (Wildman–Crippen MR) is 113 cm³/mol. The normalized spacial score (nSPS) is 10.9. The van der Waals surface area contributed by atoms with Gasteiger partial charge in [0.1, 0.15) is 11.3 Å². The summed E-state index contributed by atoms with van der Waals surface area (Å²) >= 11 is 1.34. The summed E-state index contributed by atoms with van der Waals surface area (Å²) in [6, 6.07) is 10.7. The number of aryl methyl sites for hydroxylation is 2. The fraction of sp³-hybridized carbons (Fsp3) is 0.300. The molecule has 0 atom stereocenters. The number of carbonyl (C=O) groups is 1. The van der Waals surface area contributed by atoms with Crippen molar-refractivity contribution in [3.63, 3.8) is 0 Å². The highest BCUT2D eigenvalue weighted by Gasteiger charge is 2.22. The molecular weight excluding hydrogens is 385 g/mol. The third-order valence-electron chi connectivity index (χ3n) is 4.07. The molecular formula is C20H23ClFN3OS. The van der Waals surface area contributed by atoms with Gasteiger partial charge >= 0.3 is 0 Å². The van der Waals surface area contributed by atoms with E-state index in [1.807, 2.05) is 57.1 Å². The average molecular weight is 408 g/mol. The van der Waals surface area contributed by atoms with Crippen LogP contribution in [0.2, 0.25) is 0 Å². The average Bonchev–Trinajstić information content (AvgIpc) is 2.99. The van der Waals surface area contributed by atoms with Gasteiger partial charge in [0.15, 0.2) is 5.13 Å². The van der Waals surface area contributed by atoms with Crippen LogP contribution in [0.15, 0.2) is 36.4 Å². The zero-order valence-electron chi connectivity index (χ0n) is 15.8. The lowest BCUT2D eigenvalue weighted by Gasteiger charge is -2.22. The maximum Gasteiger partial charge on any atom is 0.260 e. The second kappa shape index (κ2) is 8.78. The van der Waals surface area contributed by atoms with E-state index in [-0.39, 0.29) is 24.1 Å². The van der Waals surface area contributed by atoms with Gasteiger partial charge in [0.2, 0.25) is 0 Å². The molecule has 4 nitrogen and oxygen atoms in total. The van der Waals surface area contributed by atoms with Crippen molar-refractivity contribution in [2.24, 2.45) is 0 Å². The number of rotatable bonds is 5. The first-order valence-corrected chi connectivity index (χ1v) is 9.27. The molecule has 0 fully saturated rings. The first-order valence-electron chi connectivity index (χ1n) is 8.45. The Hall–Kier alpha value is -2.02. The quantitative estimate of drug-likeness (QED) is 0.616. The Morgan fingerprint density at radius 2 is 1.78 bits per heavy atom. The molecule has 27 heavy (non-hydrogen) atoms. The van der Waals surface area contributed by atoms with E-state index in [0.29, 0.717) is 29.3 Å². The Labute approximate surface area is 169 Å². The van der Waals surface area contributed by atoms with Gasteiger partial charge in [-0.05, 0) is 52.2 Å². The first kappa shape index (κ1) is 21.3. The number of likely N-dealkylation sites (N-methyl/N-ethyl adjacent to an activating group) is 1. The Bertz CT molecular complexity index is 937. The topological polar surface area (TPSA) is 36.4 Å². The van der Waals surface area contributed by atoms with Crippen molar-refractivity contribution in [3.05, 3.63) is 58.9 Å². The van der Waals surface area contributed by atoms with Crippen molar-refractivity contribution >= 4 is 45.0 Å². The van der Waals surface area contributed by atoms with Gasteiger partial charge in [-0.1, -0.05) is 34.6 Å². The summed E-state index contributed by atoms with van der Waals surface area (Å²) in [4.78, 5) is 21.3. The summed E-state index contributed by atoms with van der Waals surface area (Å²) in [7, 11) is 3.91. The highest BCUT2D eigenvalue weighted by atomic mass is 35.5. The maximum absolute atomic E-state index is 14.0. The van der Waals surface area contributed by atoms with Crippen LogP contribution in [-0.4, -0.2) is 43.0 Å². The summed E-state index contributed by atoms with van der Waals surface area (Å²) in [6.45, 7) is 5.12. The van der Waals surface area contributed by atoms with E-state index in [1.54, 1.807) is 11.0 Å². The Balaban J connectivity index is 0.00000261. The number of thiazole rings is 1. The summed E-state index contributed by atoms with van der Waals surface area (Å²) in [6.07, 6.45) is 0. The van der Waals surface area contributed by atoms with Crippen LogP contribution in [0, 0.1) is 19.7 Å². The molecule has 0 unspecified atom stereocenters. The predicted octanol–water partition coefficient (Wildman–Crippen LogP) is 4.68. The largest absolute Gasteiger partial charge is 0.308 e. The van der Waals surface area contributed by atoms with Gasteiger partial charge in [-0.15, -0.1) is 12.4 Å². The van der Waals surface area contributed by atoms with Crippen LogP contribution in [0.5, 0.6) is 0 Å². The van der Waals surface area contributed by atoms with Crippen LogP contribution >= 0.6 is 23.7 Å². The molecule has 1 amide bonds. The number of nitrogens with zero attached hydrogens (tertiary/aromatic N) is 3. The third kappa shape index (κ3) is 4.83. The van der Waals surface area contributed by atoms with Gasteiger partial charge in [0.05, 0.1) is 4.70 Å². The van der Waals surface area contributed by atoms with E-state index in [4.69, 9.17) is 0 Å². The molecule has 0 aliphatic carbocycles. The summed E-state index contributed by atoms with van der Waals surface area (Å²) in [5, 5.41) is 0.524. The lowest BCUT2D eigenvalue weighted by molar-refractivity contribution is 0.0985. The molecule has 0 bridgehead atoms. The fourth-order valence-corrected chi connectivity index (χ4v) is 3.86. The van der Waals surface area contributed by atoms with Gasteiger partial charge < -0.3 is 4.90 Å². The second-order valence-corrected chi connectivity index (χ2v) is 7.73. The van der Waals surface area contributed by atoms with Crippen LogP contribution in [0.4, 0.5) is 9.52 Å². The lowest BCUT2D eigenvalue weighted by atomic mass is 10.1. The molecule has 0 aliphatic rings. The zero-order valence-corrected chi connectivity index (χ0v) is 17.5. The van der Waals surface area contributed by atoms with Crippen molar-refractivity contribution < 1.29 is 9.18 Å². The molecule has 0 aliphatic heterocycles. The van der Waals surface area contributed by atoms with E-state index >= 15 is 0 Å². The minimum absolute atomic E-state index is 0. The molecule has 1 heterocycles. The Morgan fingerprint density at radius 1 is 1.11 bits per heavy atom. The highest BCUT2D eigenvalue weighted by molar-refractivity contribution is 7.22. The Kier molecular flexibility index (Phi) is 6.92. The SMILES string of the molecule is Cc1cc(C)cc(C(=O)N(CCN(C)C)c2nc3c(F)cccc3s2)c1.Cl. The van der Waals surface area contributed by atoms with Crippen molar-refractivity contribution in [2.75, 3.05) is 32.1 Å². The van der Waals surface area contributed by atoms with E-state index in [2.05, 4.69) is 4.98 Å². The van der Waals surface area contributed by atoms with Crippen molar-refractivity contribution in [1.82, 2.24) is 9.88 Å². The smallest absolute Gasteiger partial charge is 0.260 e. The summed E-state index contributed by atoms with van der Waals surface area (Å²) in [5.41, 5.74) is 3.02. The molecule has 0 saturated heterocycles. The number of hydrogen-bond donors (Lipinski definition) is 0. The van der Waals surface area contributed by atoms with Gasteiger partial charge in [-0.25, -0.2) is 9.37 Å². The van der Waals surface area contributed by atoms with Crippen LogP contribution in [0.25, 0.3) is 10.2 Å². The van der Waals surface area contributed by atoms with E-state index in [0.717, 1.165) is 15.8 Å². The molecule has 0 radical (unpaired) electrons. The number of amides is 1. The molecule has 0 spiro atoms. The summed E-state index contributed by atoms with van der Waals surface area (Å²) < 4.78 is 14.8. The van der Waals surface area contributed by atoms with E-state index in [9.17, 15) is 9.18 Å². The van der Waals surface area contributed by atoms with Gasteiger partial charge in [-0.2, -0.15) is 0 Å². The number of carbonyl (C=O) groups excluding carboxylic acids is 1. The monoisotopic (exact) mass is 407 g/mol. The van der Waals surface area contributed by atoms with Crippen LogP contribution in [0.1, 0.15) is 21.5 Å². The molecule has 3 aromatic rings. The zero-order chi connectivity index (χ0) is 18.8. The number of benzene rings is 2. The number of para-hydroxylation sites is 1. The molecule has 144 valence electrons. The van der Waals surface area contributed by atoms with Crippen LogP contribution in [0.3, 0.4) is 0 Å². The number of halogens is 2. The fourth-order valence-electron chi connectivity index (χ4n) is 2.86. The standard InChI is InChI=1S/C20H22FN3OS.ClH/c1-13-10-14(2)12-15(11-13)19(25)24(9-8-23(3)4)20-22-18-16(21)6-5-7-17(18)26-20;/h5-7,10-12H,8-9H2,1-4H3;1H. The number of anilines is 1. The Morgan fingerprint density at radius 3 is 2.37 bits per heavy atom. The molecule has 0 N–H and O–H groups in total. The molecule has 1 aromatic heterocycles. The first-order chi connectivity index (χ1) is 12.3. The van der Waals surface area contributed by atoms with Crippen LogP contribution < -0.4 is 4.90 Å². The minimum atomic E-state index is -0.364. The number of aromatic nitrogens is 1. The van der Waals surface area contributed by atoms with Gasteiger partial charge in [-0.3, -0.25) is 9.69 Å². The molecule has 7 heteroatoms. The summed E-state index contributed by atoms with van der Waals surface area (Å²) in [5.74, 6) is -0.477. The van der Waals surface area contributed by atoms with Crippen molar-refractivity contribution in [1.29, 1.82) is 0 Å². The van der Waals surface area contributed by atoms with Crippen LogP contribution in [-0.2, 0) is 0 Å². The van der Waals surface area contributed by atoms with Crippen molar-refractivity contribution in [2.45, 2.75) is 13.8 Å². The number of hydrogen-bond acceptors (Lipinski definition) is 4. The van der Waals surface area contributed by atoms with E-state index < -0.39 is 0 Å². The number of fused-ring (bicyclic) bond motifs is 1. The van der Waals surface area contributed by atoms with Gasteiger partial charge in [0, 0.05) is 18.7 Å². The lowest BCUT2D eigenvalue weighted by Crippen LogP contribution is -2.36. The van der Waals surface area contributed by atoms with E-state index in [1.165, 1.54) is 17.4 Å². The van der Waals surface area contributed by atoms with Gasteiger partial charge in [0.25, 0.3) is 5.91 Å². The highest BCUT2D eigenvalue weighted by Crippen LogP contribution is 2.31. The molecule has 0 saturated carbocycles.